The van der Waals surface area contributed by atoms with E-state index >= 15 is 0 Å². The number of ether oxygens (including phenoxy) is 1. The Morgan fingerprint density at radius 1 is 1.23 bits per heavy atom. The zero-order valence-corrected chi connectivity index (χ0v) is 13.3. The van der Waals surface area contributed by atoms with E-state index in [-0.39, 0.29) is 6.61 Å². The summed E-state index contributed by atoms with van der Waals surface area (Å²) in [4.78, 5) is 12.3. The van der Waals surface area contributed by atoms with E-state index in [0.717, 1.165) is 10.0 Å². The summed E-state index contributed by atoms with van der Waals surface area (Å²) in [7, 11) is 0. The molecule has 5 heteroatoms. The highest BCUT2D eigenvalue weighted by molar-refractivity contribution is 9.10. The molecular formula is C17H12BrFO3. The summed E-state index contributed by atoms with van der Waals surface area (Å²) < 4.78 is 25.1. The smallest absolute Gasteiger partial charge is 0.342 e. The number of rotatable bonds is 3. The van der Waals surface area contributed by atoms with E-state index in [9.17, 15) is 9.18 Å². The van der Waals surface area contributed by atoms with Gasteiger partial charge in [-0.15, -0.1) is 0 Å². The molecule has 112 valence electrons. The van der Waals surface area contributed by atoms with Crippen LogP contribution in [0.4, 0.5) is 4.39 Å². The number of furan rings is 1. The highest BCUT2D eigenvalue weighted by Crippen LogP contribution is 2.35. The average Bonchev–Trinajstić information content (AvgIpc) is 2.86. The first kappa shape index (κ1) is 14.8. The van der Waals surface area contributed by atoms with E-state index in [1.165, 1.54) is 18.2 Å². The first-order chi connectivity index (χ1) is 10.6. The number of fused-ring (bicyclic) bond motifs is 1. The summed E-state index contributed by atoms with van der Waals surface area (Å²) in [5, 5.41) is 0.540. The van der Waals surface area contributed by atoms with E-state index in [1.807, 2.05) is 24.3 Å². The molecule has 0 aliphatic heterocycles. The third-order valence-corrected chi connectivity index (χ3v) is 3.77. The second kappa shape index (κ2) is 5.93. The largest absolute Gasteiger partial charge is 0.462 e. The predicted molar refractivity (Wildman–Crippen MR) is 85.3 cm³/mol. The first-order valence-corrected chi connectivity index (χ1v) is 7.54. The molecule has 0 saturated heterocycles. The van der Waals surface area contributed by atoms with Crippen molar-refractivity contribution in [2.75, 3.05) is 6.61 Å². The van der Waals surface area contributed by atoms with Crippen LogP contribution in [0.15, 0.2) is 51.4 Å². The number of carbonyl (C=O) groups excluding carboxylic acids is 1. The molecule has 3 aromatic rings. The molecule has 22 heavy (non-hydrogen) atoms. The maximum absolute atomic E-state index is 13.4. The lowest BCUT2D eigenvalue weighted by Crippen LogP contribution is -2.05. The summed E-state index contributed by atoms with van der Waals surface area (Å²) in [6.45, 7) is 1.99. The fourth-order valence-corrected chi connectivity index (χ4v) is 2.55. The Labute approximate surface area is 134 Å². The van der Waals surface area contributed by atoms with Crippen LogP contribution in [0.1, 0.15) is 17.3 Å². The van der Waals surface area contributed by atoms with Gasteiger partial charge in [0.1, 0.15) is 22.7 Å². The predicted octanol–water partition coefficient (Wildman–Crippen LogP) is 5.18. The summed E-state index contributed by atoms with van der Waals surface area (Å²) in [6.07, 6.45) is 0. The van der Waals surface area contributed by atoms with Gasteiger partial charge in [0.2, 0.25) is 0 Å². The molecule has 1 aromatic heterocycles. The van der Waals surface area contributed by atoms with Crippen molar-refractivity contribution in [1.29, 1.82) is 0 Å². The molecule has 3 nitrogen and oxygen atoms in total. The van der Waals surface area contributed by atoms with Gasteiger partial charge in [-0.05, 0) is 31.2 Å². The lowest BCUT2D eigenvalue weighted by molar-refractivity contribution is 0.0529. The third-order valence-electron chi connectivity index (χ3n) is 3.24. The molecule has 0 radical (unpaired) electrons. The van der Waals surface area contributed by atoms with Crippen molar-refractivity contribution in [1.82, 2.24) is 0 Å². The second-order valence-electron chi connectivity index (χ2n) is 4.67. The van der Waals surface area contributed by atoms with E-state index in [1.54, 1.807) is 6.92 Å². The van der Waals surface area contributed by atoms with Crippen LogP contribution in [0, 0.1) is 5.82 Å². The van der Waals surface area contributed by atoms with Crippen molar-refractivity contribution in [2.24, 2.45) is 0 Å². The van der Waals surface area contributed by atoms with Crippen LogP contribution < -0.4 is 0 Å². The summed E-state index contributed by atoms with van der Waals surface area (Å²) in [6, 6.07) is 11.4. The number of esters is 1. The van der Waals surface area contributed by atoms with Crippen molar-refractivity contribution >= 4 is 32.9 Å². The van der Waals surface area contributed by atoms with Crippen LogP contribution in [0.2, 0.25) is 0 Å². The molecular weight excluding hydrogens is 351 g/mol. The van der Waals surface area contributed by atoms with Crippen molar-refractivity contribution < 1.29 is 18.3 Å². The lowest BCUT2D eigenvalue weighted by Gasteiger charge is -2.03. The van der Waals surface area contributed by atoms with Crippen LogP contribution in [0.5, 0.6) is 0 Å². The zero-order valence-electron chi connectivity index (χ0n) is 11.7. The molecule has 0 saturated carbocycles. The highest BCUT2D eigenvalue weighted by atomic mass is 79.9. The summed E-state index contributed by atoms with van der Waals surface area (Å²) in [5.41, 5.74) is 1.36. The van der Waals surface area contributed by atoms with Crippen LogP contribution in [0.3, 0.4) is 0 Å². The quantitative estimate of drug-likeness (QED) is 0.602. The van der Waals surface area contributed by atoms with Gasteiger partial charge in [-0.25, -0.2) is 9.18 Å². The summed E-state index contributed by atoms with van der Waals surface area (Å²) in [5.74, 6) is -0.517. The van der Waals surface area contributed by atoms with Crippen molar-refractivity contribution in [3.63, 3.8) is 0 Å². The van der Waals surface area contributed by atoms with Gasteiger partial charge >= 0.3 is 5.97 Å². The van der Waals surface area contributed by atoms with Crippen LogP contribution in [-0.2, 0) is 4.74 Å². The van der Waals surface area contributed by atoms with Gasteiger partial charge in [0.15, 0.2) is 0 Å². The van der Waals surface area contributed by atoms with Gasteiger partial charge in [0, 0.05) is 21.5 Å². The Kier molecular flexibility index (Phi) is 3.98. The van der Waals surface area contributed by atoms with Crippen LogP contribution in [-0.4, -0.2) is 12.6 Å². The lowest BCUT2D eigenvalue weighted by atomic mass is 10.1. The fraction of sp³-hybridized carbons (Fsp3) is 0.118. The highest BCUT2D eigenvalue weighted by Gasteiger charge is 2.23. The van der Waals surface area contributed by atoms with Crippen LogP contribution in [0.25, 0.3) is 22.3 Å². The van der Waals surface area contributed by atoms with Gasteiger partial charge in [0.25, 0.3) is 0 Å². The number of halogens is 2. The van der Waals surface area contributed by atoms with Crippen molar-refractivity contribution in [2.45, 2.75) is 6.92 Å². The molecule has 0 bridgehead atoms. The normalized spacial score (nSPS) is 10.9. The minimum absolute atomic E-state index is 0.256. The molecule has 0 unspecified atom stereocenters. The van der Waals surface area contributed by atoms with Crippen molar-refractivity contribution in [3.8, 4) is 11.3 Å². The monoisotopic (exact) mass is 362 g/mol. The SMILES string of the molecule is CCOC(=O)c1c(-c2ccc(Br)cc2)oc2cc(F)ccc12. The summed E-state index contributed by atoms with van der Waals surface area (Å²) >= 11 is 3.36. The second-order valence-corrected chi connectivity index (χ2v) is 5.59. The standard InChI is InChI=1S/C17H12BrFO3/c1-2-21-17(20)15-13-8-7-12(19)9-14(13)22-16(15)10-3-5-11(18)6-4-10/h3-9H,2H2,1H3. The third kappa shape index (κ3) is 2.64. The number of hydrogen-bond acceptors (Lipinski definition) is 3. The van der Waals surface area contributed by atoms with Gasteiger partial charge in [-0.1, -0.05) is 28.1 Å². The molecule has 0 fully saturated rings. The van der Waals surface area contributed by atoms with E-state index < -0.39 is 11.8 Å². The molecule has 0 aliphatic rings. The first-order valence-electron chi connectivity index (χ1n) is 6.75. The Morgan fingerprint density at radius 2 is 1.95 bits per heavy atom. The van der Waals surface area contributed by atoms with Crippen molar-refractivity contribution in [3.05, 3.63) is 58.3 Å². The molecule has 2 aromatic carbocycles. The molecule has 1 heterocycles. The van der Waals surface area contributed by atoms with Gasteiger partial charge in [-0.3, -0.25) is 0 Å². The number of carbonyl (C=O) groups is 1. The molecule has 0 aliphatic carbocycles. The molecule has 0 spiro atoms. The minimum atomic E-state index is -0.481. The fourth-order valence-electron chi connectivity index (χ4n) is 2.28. The van der Waals surface area contributed by atoms with Gasteiger partial charge in [0.05, 0.1) is 6.61 Å². The maximum Gasteiger partial charge on any atom is 0.342 e. The number of hydrogen-bond donors (Lipinski definition) is 0. The zero-order chi connectivity index (χ0) is 15.7. The maximum atomic E-state index is 13.4. The Morgan fingerprint density at radius 3 is 2.64 bits per heavy atom. The average molecular weight is 363 g/mol. The molecule has 0 atom stereocenters. The Hall–Kier alpha value is -2.14. The van der Waals surface area contributed by atoms with Crippen LogP contribution >= 0.6 is 15.9 Å². The van der Waals surface area contributed by atoms with E-state index in [4.69, 9.17) is 9.15 Å². The number of benzene rings is 2. The van der Waals surface area contributed by atoms with E-state index in [0.29, 0.717) is 22.3 Å². The molecule has 0 N–H and O–H groups in total. The Bertz CT molecular complexity index is 837. The van der Waals surface area contributed by atoms with E-state index in [2.05, 4.69) is 15.9 Å². The Balaban J connectivity index is 2.25. The van der Waals surface area contributed by atoms with Gasteiger partial charge < -0.3 is 9.15 Å². The molecule has 3 rings (SSSR count). The molecule has 0 amide bonds. The van der Waals surface area contributed by atoms with Gasteiger partial charge in [-0.2, -0.15) is 0 Å². The topological polar surface area (TPSA) is 39.4 Å². The minimum Gasteiger partial charge on any atom is -0.462 e.